The molecule has 0 amide bonds. The summed E-state index contributed by atoms with van der Waals surface area (Å²) in [5.41, 5.74) is 2.95. The second kappa shape index (κ2) is 5.35. The van der Waals surface area contributed by atoms with E-state index in [0.717, 1.165) is 10.7 Å². The molecule has 0 aliphatic heterocycles. The van der Waals surface area contributed by atoms with E-state index in [2.05, 4.69) is 54.0 Å². The van der Waals surface area contributed by atoms with E-state index in [9.17, 15) is 0 Å². The zero-order chi connectivity index (χ0) is 11.5. The summed E-state index contributed by atoms with van der Waals surface area (Å²) in [5.74, 6) is 1.49. The lowest BCUT2D eigenvalue weighted by molar-refractivity contribution is 0.562. The lowest BCUT2D eigenvalue weighted by Gasteiger charge is -2.14. The van der Waals surface area contributed by atoms with Crippen LogP contribution in [0.4, 0.5) is 0 Å². The molecule has 0 aromatic heterocycles. The van der Waals surface area contributed by atoms with Crippen molar-refractivity contribution in [1.29, 1.82) is 0 Å². The quantitative estimate of drug-likeness (QED) is 0.690. The van der Waals surface area contributed by atoms with Crippen molar-refractivity contribution in [2.24, 2.45) is 5.92 Å². The molecule has 2 atom stereocenters. The van der Waals surface area contributed by atoms with E-state index in [0.29, 0.717) is 5.92 Å². The van der Waals surface area contributed by atoms with Crippen LogP contribution in [0.25, 0.3) is 0 Å². The van der Waals surface area contributed by atoms with Gasteiger partial charge in [-0.2, -0.15) is 0 Å². The maximum absolute atomic E-state index is 3.80. The van der Waals surface area contributed by atoms with Gasteiger partial charge in [-0.25, -0.2) is 0 Å². The van der Waals surface area contributed by atoms with Gasteiger partial charge in [0.25, 0.3) is 0 Å². The monoisotopic (exact) mass is 280 g/mol. The second-order valence-electron chi connectivity index (χ2n) is 5.31. The maximum Gasteiger partial charge on any atom is 0.0177 e. The Labute approximate surface area is 108 Å². The van der Waals surface area contributed by atoms with Gasteiger partial charge in [-0.05, 0) is 42.2 Å². The van der Waals surface area contributed by atoms with Crippen LogP contribution in [0.2, 0.25) is 0 Å². The number of rotatable bonds is 3. The van der Waals surface area contributed by atoms with Crippen LogP contribution >= 0.6 is 15.9 Å². The van der Waals surface area contributed by atoms with Crippen molar-refractivity contribution < 1.29 is 0 Å². The average molecular weight is 281 g/mol. The van der Waals surface area contributed by atoms with Crippen molar-refractivity contribution in [2.45, 2.75) is 50.3 Å². The Morgan fingerprint density at radius 2 is 1.88 bits per heavy atom. The van der Waals surface area contributed by atoms with Gasteiger partial charge in [-0.1, -0.05) is 60.5 Å². The van der Waals surface area contributed by atoms with Gasteiger partial charge in [0.2, 0.25) is 0 Å². The van der Waals surface area contributed by atoms with Crippen LogP contribution in [0, 0.1) is 5.92 Å². The van der Waals surface area contributed by atoms with E-state index >= 15 is 0 Å². The minimum Gasteiger partial charge on any atom is -0.0888 e. The molecule has 1 fully saturated rings. The summed E-state index contributed by atoms with van der Waals surface area (Å²) in [6.45, 7) is 4.50. The fourth-order valence-electron chi connectivity index (χ4n) is 2.56. The molecule has 16 heavy (non-hydrogen) atoms. The van der Waals surface area contributed by atoms with Crippen LogP contribution in [0.1, 0.15) is 50.2 Å². The molecule has 0 radical (unpaired) electrons. The third-order valence-electron chi connectivity index (χ3n) is 3.71. The van der Waals surface area contributed by atoms with Gasteiger partial charge in [-0.3, -0.25) is 0 Å². The Balaban J connectivity index is 1.99. The summed E-state index contributed by atoms with van der Waals surface area (Å²) < 4.78 is 0. The summed E-state index contributed by atoms with van der Waals surface area (Å²) in [6.07, 6.45) is 5.38. The van der Waals surface area contributed by atoms with Crippen molar-refractivity contribution >= 4 is 15.9 Å². The van der Waals surface area contributed by atoms with E-state index in [-0.39, 0.29) is 0 Å². The van der Waals surface area contributed by atoms with Crippen molar-refractivity contribution in [1.82, 2.24) is 0 Å². The fourth-order valence-corrected chi connectivity index (χ4v) is 3.34. The highest BCUT2D eigenvalue weighted by atomic mass is 79.9. The smallest absolute Gasteiger partial charge is 0.0177 e. The molecule has 88 valence electrons. The normalized spacial score (nSPS) is 25.2. The number of benzene rings is 1. The Hall–Kier alpha value is -0.300. The first kappa shape index (κ1) is 12.2. The first-order valence-corrected chi connectivity index (χ1v) is 7.31. The van der Waals surface area contributed by atoms with Gasteiger partial charge in [0, 0.05) is 4.83 Å². The SMILES string of the molecule is CC(C)c1ccc(CC2CCCC2Br)cc1. The fraction of sp³-hybridized carbons (Fsp3) is 0.600. The van der Waals surface area contributed by atoms with Gasteiger partial charge < -0.3 is 0 Å². The summed E-state index contributed by atoms with van der Waals surface area (Å²) in [6, 6.07) is 9.21. The summed E-state index contributed by atoms with van der Waals surface area (Å²) >= 11 is 3.80. The Morgan fingerprint density at radius 3 is 2.38 bits per heavy atom. The molecule has 0 spiro atoms. The van der Waals surface area contributed by atoms with Gasteiger partial charge >= 0.3 is 0 Å². The summed E-state index contributed by atoms with van der Waals surface area (Å²) in [7, 11) is 0. The van der Waals surface area contributed by atoms with Gasteiger partial charge in [-0.15, -0.1) is 0 Å². The van der Waals surface area contributed by atoms with Crippen molar-refractivity contribution in [3.63, 3.8) is 0 Å². The summed E-state index contributed by atoms with van der Waals surface area (Å²) in [4.78, 5) is 0.747. The third-order valence-corrected chi connectivity index (χ3v) is 4.92. The van der Waals surface area contributed by atoms with E-state index in [1.165, 1.54) is 36.8 Å². The van der Waals surface area contributed by atoms with Crippen LogP contribution in [-0.4, -0.2) is 4.83 Å². The van der Waals surface area contributed by atoms with E-state index in [1.807, 2.05) is 0 Å². The van der Waals surface area contributed by atoms with Crippen LogP contribution in [0.3, 0.4) is 0 Å². The topological polar surface area (TPSA) is 0 Å². The molecule has 0 heterocycles. The minimum absolute atomic E-state index is 0.643. The Bertz CT molecular complexity index is 326. The first-order chi connectivity index (χ1) is 7.66. The second-order valence-corrected chi connectivity index (χ2v) is 6.48. The van der Waals surface area contributed by atoms with Crippen molar-refractivity contribution in [3.8, 4) is 0 Å². The average Bonchev–Trinajstić information content (AvgIpc) is 2.65. The number of hydrogen-bond acceptors (Lipinski definition) is 0. The largest absolute Gasteiger partial charge is 0.0888 e. The molecule has 1 aromatic rings. The minimum atomic E-state index is 0.643. The predicted molar refractivity (Wildman–Crippen MR) is 74.3 cm³/mol. The molecule has 0 nitrogen and oxygen atoms in total. The van der Waals surface area contributed by atoms with E-state index < -0.39 is 0 Å². The van der Waals surface area contributed by atoms with Crippen LogP contribution in [0.15, 0.2) is 24.3 Å². The van der Waals surface area contributed by atoms with Crippen molar-refractivity contribution in [2.75, 3.05) is 0 Å². The number of halogens is 1. The summed E-state index contributed by atoms with van der Waals surface area (Å²) in [5, 5.41) is 0. The molecule has 1 aromatic carbocycles. The molecule has 2 unspecified atom stereocenters. The van der Waals surface area contributed by atoms with E-state index in [1.54, 1.807) is 0 Å². The molecule has 1 heteroatoms. The van der Waals surface area contributed by atoms with Crippen molar-refractivity contribution in [3.05, 3.63) is 35.4 Å². The molecule has 0 bridgehead atoms. The Morgan fingerprint density at radius 1 is 1.19 bits per heavy atom. The van der Waals surface area contributed by atoms with Crippen LogP contribution in [-0.2, 0) is 6.42 Å². The Kier molecular flexibility index (Phi) is 4.07. The number of alkyl halides is 1. The highest BCUT2D eigenvalue weighted by molar-refractivity contribution is 9.09. The maximum atomic E-state index is 3.80. The third kappa shape index (κ3) is 2.88. The molecular weight excluding hydrogens is 260 g/mol. The lowest BCUT2D eigenvalue weighted by Crippen LogP contribution is -2.09. The molecule has 1 saturated carbocycles. The lowest BCUT2D eigenvalue weighted by atomic mass is 9.95. The highest BCUT2D eigenvalue weighted by Gasteiger charge is 2.24. The molecule has 1 aliphatic rings. The van der Waals surface area contributed by atoms with Gasteiger partial charge in [0.15, 0.2) is 0 Å². The zero-order valence-corrected chi connectivity index (χ0v) is 11.8. The van der Waals surface area contributed by atoms with Gasteiger partial charge in [0.1, 0.15) is 0 Å². The standard InChI is InChI=1S/C15H21Br/c1-11(2)13-8-6-12(7-9-13)10-14-4-3-5-15(14)16/h6-9,11,14-15H,3-5,10H2,1-2H3. The molecule has 0 saturated heterocycles. The molecule has 0 N–H and O–H groups in total. The predicted octanol–water partition coefficient (Wildman–Crippen LogP) is 4.92. The molecule has 2 rings (SSSR count). The zero-order valence-electron chi connectivity index (χ0n) is 10.2. The molecular formula is C15H21Br. The van der Waals surface area contributed by atoms with E-state index in [4.69, 9.17) is 0 Å². The van der Waals surface area contributed by atoms with Crippen LogP contribution in [0.5, 0.6) is 0 Å². The highest BCUT2D eigenvalue weighted by Crippen LogP contribution is 2.34. The molecule has 1 aliphatic carbocycles. The number of hydrogen-bond donors (Lipinski definition) is 0. The van der Waals surface area contributed by atoms with Crippen LogP contribution < -0.4 is 0 Å². The van der Waals surface area contributed by atoms with Gasteiger partial charge in [0.05, 0.1) is 0 Å². The first-order valence-electron chi connectivity index (χ1n) is 6.39.